The molecule has 2 aromatic rings. The molecule has 52 heavy (non-hydrogen) atoms. The highest BCUT2D eigenvalue weighted by atomic mass is 16.6. The first-order valence-electron chi connectivity index (χ1n) is 20.4. The van der Waals surface area contributed by atoms with Crippen molar-refractivity contribution in [2.45, 2.75) is 125 Å². The Kier molecular flexibility index (Phi) is 8.63. The summed E-state index contributed by atoms with van der Waals surface area (Å²) in [5.74, 6) is 1.21. The number of carbonyl (C=O) groups is 2. The predicted octanol–water partition coefficient (Wildman–Crippen LogP) is 10.3. The van der Waals surface area contributed by atoms with Crippen molar-refractivity contribution in [2.75, 3.05) is 13.2 Å². The van der Waals surface area contributed by atoms with Gasteiger partial charge in [-0.1, -0.05) is 115 Å². The molecule has 11 atom stereocenters. The van der Waals surface area contributed by atoms with Gasteiger partial charge in [-0.3, -0.25) is 9.59 Å². The van der Waals surface area contributed by atoms with Gasteiger partial charge in [-0.05, 0) is 120 Å². The maximum absolute atomic E-state index is 15.0. The summed E-state index contributed by atoms with van der Waals surface area (Å²) in [5, 5.41) is 0. The van der Waals surface area contributed by atoms with Crippen molar-refractivity contribution < 1.29 is 23.8 Å². The van der Waals surface area contributed by atoms with E-state index in [1.807, 2.05) is 60.7 Å². The van der Waals surface area contributed by atoms with Crippen LogP contribution >= 0.6 is 0 Å². The molecule has 0 N–H and O–H groups in total. The van der Waals surface area contributed by atoms with E-state index in [1.54, 1.807) is 0 Å². The second kappa shape index (κ2) is 12.4. The summed E-state index contributed by atoms with van der Waals surface area (Å²) in [6.07, 6.45) is 9.87. The van der Waals surface area contributed by atoms with E-state index in [2.05, 4.69) is 61.5 Å². The zero-order valence-corrected chi connectivity index (χ0v) is 33.0. The van der Waals surface area contributed by atoms with E-state index >= 15 is 4.79 Å². The molecule has 280 valence electrons. The maximum atomic E-state index is 15.0. The van der Waals surface area contributed by atoms with Gasteiger partial charge in [0.15, 0.2) is 11.9 Å². The van der Waals surface area contributed by atoms with Crippen molar-refractivity contribution in [3.8, 4) is 0 Å². The van der Waals surface area contributed by atoms with E-state index in [0.717, 1.165) is 69.1 Å². The van der Waals surface area contributed by atoms with E-state index in [9.17, 15) is 4.79 Å². The molecule has 6 aliphatic rings. The predicted molar refractivity (Wildman–Crippen MR) is 204 cm³/mol. The second-order valence-electron chi connectivity index (χ2n) is 20.1. The van der Waals surface area contributed by atoms with Gasteiger partial charge in [0, 0.05) is 5.92 Å². The summed E-state index contributed by atoms with van der Waals surface area (Å²) in [5.41, 5.74) is 2.29. The van der Waals surface area contributed by atoms with Crippen LogP contribution in [0.2, 0.25) is 0 Å². The number of rotatable bonds is 7. The fourth-order valence-electron chi connectivity index (χ4n) is 13.7. The average molecular weight is 707 g/mol. The lowest BCUT2D eigenvalue weighted by atomic mass is 9.32. The monoisotopic (exact) mass is 706 g/mol. The topological polar surface area (TPSA) is 65.1 Å². The van der Waals surface area contributed by atoms with E-state index in [4.69, 9.17) is 14.2 Å². The highest BCUT2D eigenvalue weighted by Crippen LogP contribution is 2.76. The fraction of sp³-hybridized carbons (Fsp3) is 0.660. The smallest absolute Gasteiger partial charge is 0.312 e. The van der Waals surface area contributed by atoms with Gasteiger partial charge in [0.25, 0.3) is 0 Å². The van der Waals surface area contributed by atoms with E-state index in [-0.39, 0.29) is 57.1 Å². The normalized spacial score (nSPS) is 43.3. The Hall–Kier alpha value is -2.76. The summed E-state index contributed by atoms with van der Waals surface area (Å²) < 4.78 is 18.7. The second-order valence-corrected chi connectivity index (χ2v) is 20.1. The fourth-order valence-corrected chi connectivity index (χ4v) is 13.7. The highest BCUT2D eigenvalue weighted by molar-refractivity contribution is 5.95. The van der Waals surface area contributed by atoms with Gasteiger partial charge in [0.05, 0.1) is 24.7 Å². The summed E-state index contributed by atoms with van der Waals surface area (Å²) >= 11 is 0. The Balaban J connectivity index is 1.11. The number of hydrogen-bond acceptors (Lipinski definition) is 5. The first kappa shape index (κ1) is 36.2. The number of epoxide rings is 1. The highest BCUT2D eigenvalue weighted by Gasteiger charge is 2.71. The quantitative estimate of drug-likeness (QED) is 0.212. The Morgan fingerprint density at radius 2 is 1.46 bits per heavy atom. The maximum Gasteiger partial charge on any atom is 0.312 e. The minimum atomic E-state index is -0.642. The molecule has 1 saturated heterocycles. The molecule has 2 aromatic carbocycles. The van der Waals surface area contributed by atoms with Crippen LogP contribution in [-0.4, -0.2) is 37.2 Å². The molecule has 5 aliphatic carbocycles. The van der Waals surface area contributed by atoms with Gasteiger partial charge < -0.3 is 14.2 Å². The zero-order valence-electron chi connectivity index (χ0n) is 33.0. The molecule has 5 fully saturated rings. The standard InChI is InChI=1S/C47H62O5/c1-30-26-47(8)40(45(6)20-19-37(42(2,3)39(30)45)51-29-33-28-50-33)36(48)25-34-35-27-44(5,22-21-43(35,4)23-24-46(34,47)7)41(49)52-38(31-15-11-9-12-16-31)32-17-13-10-14-18-32/h9-18,25,30,33,35,37-40H,19-24,26-29H2,1-8H3/t30?,33?,35-,37-,39?,40+,43+,44-,45-,46+,47+/m0/s1. The number of fused-ring (bicyclic) bond motifs is 7. The number of allylic oxidation sites excluding steroid dienone is 2. The van der Waals surface area contributed by atoms with Crippen LogP contribution in [0, 0.1) is 56.2 Å². The number of hydrogen-bond donors (Lipinski definition) is 0. The molecule has 1 aliphatic heterocycles. The zero-order chi connectivity index (χ0) is 36.9. The summed E-state index contributed by atoms with van der Waals surface area (Å²) in [6, 6.07) is 20.2. The number of benzene rings is 2. The summed E-state index contributed by atoms with van der Waals surface area (Å²) in [6.45, 7) is 20.8. The van der Waals surface area contributed by atoms with Crippen molar-refractivity contribution >= 4 is 11.8 Å². The van der Waals surface area contributed by atoms with Gasteiger partial charge in [0.2, 0.25) is 0 Å². The first-order chi connectivity index (χ1) is 24.6. The molecule has 0 radical (unpaired) electrons. The SMILES string of the molecule is CC1C[C@]2(C)[C@H](C(=O)C=C3[C@@H]4C[C@@](C)(C(=O)OC(c5ccccc5)c5ccccc5)CC[C@]4(C)CC[C@]32C)[C@@]2(C)CC[C@H](OCC3CO3)C(C)(C)C12. The van der Waals surface area contributed by atoms with E-state index in [0.29, 0.717) is 24.2 Å². The molecule has 4 saturated carbocycles. The lowest BCUT2D eigenvalue weighted by molar-refractivity contribution is -0.226. The number of carbonyl (C=O) groups excluding carboxylic acids is 2. The lowest BCUT2D eigenvalue weighted by Gasteiger charge is -2.72. The van der Waals surface area contributed by atoms with Crippen LogP contribution in [0.25, 0.3) is 0 Å². The molecule has 0 amide bonds. The number of ketones is 1. The van der Waals surface area contributed by atoms with Gasteiger partial charge in [-0.2, -0.15) is 0 Å². The molecule has 8 rings (SSSR count). The summed E-state index contributed by atoms with van der Waals surface area (Å²) in [7, 11) is 0. The average Bonchev–Trinajstić information content (AvgIpc) is 3.93. The van der Waals surface area contributed by atoms with Gasteiger partial charge in [-0.25, -0.2) is 0 Å². The van der Waals surface area contributed by atoms with E-state index < -0.39 is 11.5 Å². The van der Waals surface area contributed by atoms with Crippen molar-refractivity contribution in [3.63, 3.8) is 0 Å². The molecule has 5 heteroatoms. The van der Waals surface area contributed by atoms with E-state index in [1.165, 1.54) is 5.57 Å². The Morgan fingerprint density at radius 3 is 2.08 bits per heavy atom. The summed E-state index contributed by atoms with van der Waals surface area (Å²) in [4.78, 5) is 29.6. The van der Waals surface area contributed by atoms with Crippen LogP contribution in [0.5, 0.6) is 0 Å². The van der Waals surface area contributed by atoms with Crippen LogP contribution in [0.4, 0.5) is 0 Å². The molecular formula is C47H62O5. The molecule has 0 aromatic heterocycles. The van der Waals surface area contributed by atoms with Gasteiger partial charge in [-0.15, -0.1) is 0 Å². The number of esters is 1. The molecule has 0 spiro atoms. The minimum Gasteiger partial charge on any atom is -0.452 e. The van der Waals surface area contributed by atoms with Crippen molar-refractivity contribution in [1.82, 2.24) is 0 Å². The van der Waals surface area contributed by atoms with Crippen LogP contribution in [0.15, 0.2) is 72.3 Å². The van der Waals surface area contributed by atoms with Crippen molar-refractivity contribution in [3.05, 3.63) is 83.4 Å². The molecule has 1 heterocycles. The van der Waals surface area contributed by atoms with Gasteiger partial charge >= 0.3 is 5.97 Å². The van der Waals surface area contributed by atoms with Crippen LogP contribution in [0.1, 0.15) is 124 Å². The molecule has 3 unspecified atom stereocenters. The van der Waals surface area contributed by atoms with Crippen LogP contribution < -0.4 is 0 Å². The van der Waals surface area contributed by atoms with Crippen LogP contribution in [0.3, 0.4) is 0 Å². The Labute approximate surface area is 312 Å². The lowest BCUT2D eigenvalue weighted by Crippen LogP contribution is -2.68. The molecule has 0 bridgehead atoms. The van der Waals surface area contributed by atoms with Gasteiger partial charge in [0.1, 0.15) is 6.10 Å². The Morgan fingerprint density at radius 1 is 0.846 bits per heavy atom. The number of ether oxygens (including phenoxy) is 3. The third-order valence-corrected chi connectivity index (χ3v) is 16.5. The molecule has 5 nitrogen and oxygen atoms in total. The largest absolute Gasteiger partial charge is 0.452 e. The first-order valence-corrected chi connectivity index (χ1v) is 20.4. The van der Waals surface area contributed by atoms with Crippen LogP contribution in [-0.2, 0) is 23.8 Å². The minimum absolute atomic E-state index is 0.0243. The molecular weight excluding hydrogens is 645 g/mol. The third kappa shape index (κ3) is 5.44. The van der Waals surface area contributed by atoms with Crippen molar-refractivity contribution in [2.24, 2.45) is 56.2 Å². The Bertz CT molecular complexity index is 1690. The van der Waals surface area contributed by atoms with Crippen molar-refractivity contribution in [1.29, 1.82) is 0 Å². The third-order valence-electron chi connectivity index (χ3n) is 16.5.